The highest BCUT2D eigenvalue weighted by atomic mass is 79.9. The van der Waals surface area contributed by atoms with Gasteiger partial charge in [-0.25, -0.2) is 10.1 Å². The molecule has 1 amide bonds. The number of amides is 1. The lowest BCUT2D eigenvalue weighted by Gasteiger charge is -2.18. The van der Waals surface area contributed by atoms with Gasteiger partial charge in [-0.05, 0) is 24.3 Å². The van der Waals surface area contributed by atoms with Crippen molar-refractivity contribution in [2.24, 2.45) is 10.7 Å². The highest BCUT2D eigenvalue weighted by molar-refractivity contribution is 9.10. The maximum absolute atomic E-state index is 13.2. The minimum atomic E-state index is -4.86. The predicted molar refractivity (Wildman–Crippen MR) is 79.3 cm³/mol. The van der Waals surface area contributed by atoms with E-state index in [1.807, 2.05) is 0 Å². The van der Waals surface area contributed by atoms with E-state index in [4.69, 9.17) is 5.73 Å². The average Bonchev–Trinajstić information content (AvgIpc) is 2.46. The first-order valence-electron chi connectivity index (χ1n) is 5.86. The lowest BCUT2D eigenvalue weighted by Crippen LogP contribution is -2.36. The van der Waals surface area contributed by atoms with Gasteiger partial charge in [0.25, 0.3) is 5.91 Å². The summed E-state index contributed by atoms with van der Waals surface area (Å²) in [6.07, 6.45) is -4.30. The molecule has 0 bridgehead atoms. The molecule has 120 valence electrons. The van der Waals surface area contributed by atoms with Gasteiger partial charge in [-0.3, -0.25) is 9.63 Å². The summed E-state index contributed by atoms with van der Waals surface area (Å²) in [4.78, 5) is 20.0. The van der Waals surface area contributed by atoms with Crippen LogP contribution in [0, 0.1) is 0 Å². The Kier molecular flexibility index (Phi) is 6.12. The number of nitrogens with two attached hydrogens (primary N) is 1. The minimum absolute atomic E-state index is 0.0303. The summed E-state index contributed by atoms with van der Waals surface area (Å²) >= 11 is 3.17. The molecule has 1 aromatic rings. The number of carbonyl (C=O) groups excluding carboxylic acids is 1. The highest BCUT2D eigenvalue weighted by Crippen LogP contribution is 2.27. The third-order valence-corrected chi connectivity index (χ3v) is 3.08. The van der Waals surface area contributed by atoms with Crippen LogP contribution in [0.25, 0.3) is 0 Å². The molecule has 5 nitrogen and oxygen atoms in total. The lowest BCUT2D eigenvalue weighted by atomic mass is 10.1. The van der Waals surface area contributed by atoms with E-state index in [1.54, 1.807) is 0 Å². The third kappa shape index (κ3) is 4.57. The molecule has 0 radical (unpaired) electrons. The number of halogens is 4. The van der Waals surface area contributed by atoms with Gasteiger partial charge in [0.1, 0.15) is 0 Å². The molecule has 9 heteroatoms. The smallest absolute Gasteiger partial charge is 0.404 e. The quantitative estimate of drug-likeness (QED) is 0.496. The number of aliphatic imine (C=N–C) groups is 1. The van der Waals surface area contributed by atoms with Gasteiger partial charge >= 0.3 is 6.18 Å². The van der Waals surface area contributed by atoms with Crippen molar-refractivity contribution in [3.05, 3.63) is 40.5 Å². The van der Waals surface area contributed by atoms with E-state index in [-0.39, 0.29) is 5.69 Å². The topological polar surface area (TPSA) is 67.9 Å². The summed E-state index contributed by atoms with van der Waals surface area (Å²) in [6, 6.07) is 5.80. The van der Waals surface area contributed by atoms with Crippen LogP contribution in [0.15, 0.2) is 45.5 Å². The fourth-order valence-electron chi connectivity index (χ4n) is 1.43. The van der Waals surface area contributed by atoms with Crippen molar-refractivity contribution in [2.45, 2.75) is 6.18 Å². The van der Waals surface area contributed by atoms with E-state index < -0.39 is 23.4 Å². The molecule has 0 aliphatic carbocycles. The van der Waals surface area contributed by atoms with Gasteiger partial charge in [-0.1, -0.05) is 15.9 Å². The maximum atomic E-state index is 13.2. The summed E-state index contributed by atoms with van der Waals surface area (Å²) in [6.45, 7) is 0. The third-order valence-electron chi connectivity index (χ3n) is 2.55. The number of benzene rings is 1. The van der Waals surface area contributed by atoms with Crippen LogP contribution in [-0.2, 0) is 9.63 Å². The molecule has 2 N–H and O–H groups in total. The molecule has 0 aliphatic heterocycles. The molecule has 1 rings (SSSR count). The Balaban J connectivity index is 3.34. The Bertz CT molecular complexity index is 598. The number of nitrogens with zero attached hydrogens (tertiary/aromatic N) is 2. The summed E-state index contributed by atoms with van der Waals surface area (Å²) in [5.41, 5.74) is 3.02. The Morgan fingerprint density at radius 2 is 1.91 bits per heavy atom. The number of hydrogen-bond donors (Lipinski definition) is 1. The summed E-state index contributed by atoms with van der Waals surface area (Å²) in [5.74, 6) is -1.06. The number of rotatable bonds is 4. The lowest BCUT2D eigenvalue weighted by molar-refractivity contribution is -0.163. The molecule has 0 unspecified atom stereocenters. The molecule has 1 aromatic carbocycles. The first kappa shape index (κ1) is 18.2. The van der Waals surface area contributed by atoms with E-state index in [9.17, 15) is 18.0 Å². The Hall–Kier alpha value is -1.87. The van der Waals surface area contributed by atoms with Gasteiger partial charge in [-0.2, -0.15) is 13.2 Å². The largest absolute Gasteiger partial charge is 0.434 e. The van der Waals surface area contributed by atoms with Crippen LogP contribution < -0.4 is 5.73 Å². The first-order chi connectivity index (χ1) is 10.2. The summed E-state index contributed by atoms with van der Waals surface area (Å²) in [7, 11) is 2.31. The zero-order chi connectivity index (χ0) is 16.9. The standard InChI is InChI=1S/C13H13BrF3N3O2/c1-20(22-2)12(21)10(7-18)11(13(15,16)17)19-9-5-3-8(14)4-6-9/h3-7H,18H2,1-2H3. The van der Waals surface area contributed by atoms with Crippen molar-refractivity contribution < 1.29 is 22.8 Å². The Morgan fingerprint density at radius 3 is 2.32 bits per heavy atom. The second-order valence-corrected chi connectivity index (χ2v) is 4.92. The zero-order valence-corrected chi connectivity index (χ0v) is 13.3. The molecule has 0 spiro atoms. The molecule has 0 fully saturated rings. The highest BCUT2D eigenvalue weighted by Gasteiger charge is 2.41. The number of alkyl halides is 3. The van der Waals surface area contributed by atoms with E-state index in [2.05, 4.69) is 25.8 Å². The molecular weight excluding hydrogens is 367 g/mol. The fourth-order valence-corrected chi connectivity index (χ4v) is 1.69. The first-order valence-corrected chi connectivity index (χ1v) is 6.66. The van der Waals surface area contributed by atoms with E-state index in [1.165, 1.54) is 31.3 Å². The van der Waals surface area contributed by atoms with Crippen molar-refractivity contribution in [3.63, 3.8) is 0 Å². The SMILES string of the molecule is CON(C)C(=O)C(=CN)C(=Nc1ccc(Br)cc1)C(F)(F)F. The van der Waals surface area contributed by atoms with E-state index in [0.29, 0.717) is 15.7 Å². The van der Waals surface area contributed by atoms with Gasteiger partial charge in [0.15, 0.2) is 5.71 Å². The number of hydroxylamine groups is 2. The van der Waals surface area contributed by atoms with Crippen molar-refractivity contribution in [1.82, 2.24) is 5.06 Å². The average molecular weight is 380 g/mol. The summed E-state index contributed by atoms with van der Waals surface area (Å²) in [5, 5.41) is 0.627. The number of hydrogen-bond acceptors (Lipinski definition) is 4. The minimum Gasteiger partial charge on any atom is -0.404 e. The fraction of sp³-hybridized carbons (Fsp3) is 0.231. The van der Waals surface area contributed by atoms with Crippen LogP contribution >= 0.6 is 15.9 Å². The summed E-state index contributed by atoms with van der Waals surface area (Å²) < 4.78 is 40.3. The molecule has 0 aliphatic rings. The van der Waals surface area contributed by atoms with Crippen LogP contribution in [0.3, 0.4) is 0 Å². The van der Waals surface area contributed by atoms with Gasteiger partial charge < -0.3 is 5.73 Å². The Labute approximate surface area is 133 Å². The van der Waals surface area contributed by atoms with Gasteiger partial charge in [-0.15, -0.1) is 0 Å². The number of likely N-dealkylation sites (N-methyl/N-ethyl adjacent to an activating group) is 1. The van der Waals surface area contributed by atoms with Crippen molar-refractivity contribution in [2.75, 3.05) is 14.2 Å². The van der Waals surface area contributed by atoms with Gasteiger partial charge in [0.05, 0.1) is 18.4 Å². The Morgan fingerprint density at radius 1 is 1.36 bits per heavy atom. The second-order valence-electron chi connectivity index (χ2n) is 4.00. The zero-order valence-electron chi connectivity index (χ0n) is 11.7. The van der Waals surface area contributed by atoms with Gasteiger partial charge in [0, 0.05) is 17.7 Å². The monoisotopic (exact) mass is 379 g/mol. The van der Waals surface area contributed by atoms with Crippen LogP contribution in [0.4, 0.5) is 18.9 Å². The molecule has 22 heavy (non-hydrogen) atoms. The van der Waals surface area contributed by atoms with Crippen LogP contribution in [0.1, 0.15) is 0 Å². The number of carbonyl (C=O) groups is 1. The van der Waals surface area contributed by atoms with E-state index >= 15 is 0 Å². The van der Waals surface area contributed by atoms with Crippen LogP contribution in [0.5, 0.6) is 0 Å². The second kappa shape index (κ2) is 7.41. The van der Waals surface area contributed by atoms with Crippen molar-refractivity contribution in [1.29, 1.82) is 0 Å². The van der Waals surface area contributed by atoms with Gasteiger partial charge in [0.2, 0.25) is 0 Å². The molecule has 0 saturated carbocycles. The van der Waals surface area contributed by atoms with Crippen LogP contribution in [0.2, 0.25) is 0 Å². The normalized spacial score (nSPS) is 13.2. The van der Waals surface area contributed by atoms with Crippen molar-refractivity contribution >= 4 is 33.2 Å². The van der Waals surface area contributed by atoms with Crippen molar-refractivity contribution in [3.8, 4) is 0 Å². The molecule has 0 heterocycles. The predicted octanol–water partition coefficient (Wildman–Crippen LogP) is 2.95. The van der Waals surface area contributed by atoms with Crippen LogP contribution in [-0.4, -0.2) is 37.0 Å². The van der Waals surface area contributed by atoms with E-state index in [0.717, 1.165) is 7.11 Å². The molecule has 0 aromatic heterocycles. The molecule has 0 atom stereocenters. The molecule has 0 saturated heterocycles. The molecular formula is C13H13BrF3N3O2. The maximum Gasteiger partial charge on any atom is 0.434 e.